The van der Waals surface area contributed by atoms with Gasteiger partial charge in [0.05, 0.1) is 23.9 Å². The van der Waals surface area contributed by atoms with Crippen LogP contribution in [0.25, 0.3) is 0 Å². The predicted octanol–water partition coefficient (Wildman–Crippen LogP) is 0.649. The first-order valence-corrected chi connectivity index (χ1v) is 5.21. The van der Waals surface area contributed by atoms with E-state index in [1.807, 2.05) is 0 Å². The van der Waals surface area contributed by atoms with Crippen molar-refractivity contribution in [2.24, 2.45) is 0 Å². The monoisotopic (exact) mass is 215 g/mol. The van der Waals surface area contributed by atoms with E-state index in [0.29, 0.717) is 24.2 Å². The Morgan fingerprint density at radius 1 is 1.71 bits per heavy atom. The Morgan fingerprint density at radius 3 is 3.07 bits per heavy atom. The standard InChI is InChI=1S/C9H14ClN3O/c10-7-3-12-13(5-7)6-9(14)4-11-8-1-2-8/h3,5,8-9,11,14H,1-2,4,6H2. The predicted molar refractivity (Wildman–Crippen MR) is 54.3 cm³/mol. The van der Waals surface area contributed by atoms with Crippen molar-refractivity contribution in [3.05, 3.63) is 17.4 Å². The van der Waals surface area contributed by atoms with E-state index in [4.69, 9.17) is 11.6 Å². The van der Waals surface area contributed by atoms with Gasteiger partial charge < -0.3 is 10.4 Å². The maximum Gasteiger partial charge on any atom is 0.0860 e. The average molecular weight is 216 g/mol. The number of halogens is 1. The summed E-state index contributed by atoms with van der Waals surface area (Å²) in [7, 11) is 0. The third-order valence-electron chi connectivity index (χ3n) is 2.22. The van der Waals surface area contributed by atoms with E-state index in [2.05, 4.69) is 10.4 Å². The van der Waals surface area contributed by atoms with Crippen LogP contribution in [0.3, 0.4) is 0 Å². The van der Waals surface area contributed by atoms with Gasteiger partial charge in [-0.2, -0.15) is 5.10 Å². The van der Waals surface area contributed by atoms with Gasteiger partial charge in [-0.3, -0.25) is 4.68 Å². The number of nitrogens with one attached hydrogen (secondary N) is 1. The van der Waals surface area contributed by atoms with Crippen molar-refractivity contribution < 1.29 is 5.11 Å². The Hall–Kier alpha value is -0.580. The summed E-state index contributed by atoms with van der Waals surface area (Å²) in [5, 5.41) is 17.5. The lowest BCUT2D eigenvalue weighted by Crippen LogP contribution is -2.31. The van der Waals surface area contributed by atoms with E-state index >= 15 is 0 Å². The normalized spacial score (nSPS) is 18.4. The molecule has 1 saturated carbocycles. The maximum absolute atomic E-state index is 9.62. The average Bonchev–Trinajstić information content (AvgIpc) is 2.88. The molecule has 0 bridgehead atoms. The summed E-state index contributed by atoms with van der Waals surface area (Å²) < 4.78 is 1.65. The topological polar surface area (TPSA) is 50.1 Å². The van der Waals surface area contributed by atoms with Crippen molar-refractivity contribution in [2.45, 2.75) is 31.5 Å². The second kappa shape index (κ2) is 4.29. The zero-order chi connectivity index (χ0) is 9.97. The molecule has 1 fully saturated rings. The van der Waals surface area contributed by atoms with Gasteiger partial charge in [0.2, 0.25) is 0 Å². The quantitative estimate of drug-likeness (QED) is 0.759. The minimum Gasteiger partial charge on any atom is -0.390 e. The van der Waals surface area contributed by atoms with E-state index in [1.165, 1.54) is 12.8 Å². The highest BCUT2D eigenvalue weighted by Crippen LogP contribution is 2.18. The minimum absolute atomic E-state index is 0.397. The van der Waals surface area contributed by atoms with Gasteiger partial charge in [0.1, 0.15) is 0 Å². The molecule has 1 unspecified atom stereocenters. The number of aromatic nitrogens is 2. The zero-order valence-electron chi connectivity index (χ0n) is 7.86. The fraction of sp³-hybridized carbons (Fsp3) is 0.667. The van der Waals surface area contributed by atoms with Crippen LogP contribution in [0.4, 0.5) is 0 Å². The second-order valence-corrected chi connectivity index (χ2v) is 4.15. The van der Waals surface area contributed by atoms with Gasteiger partial charge in [-0.15, -0.1) is 0 Å². The van der Waals surface area contributed by atoms with Gasteiger partial charge in [-0.25, -0.2) is 0 Å². The van der Waals surface area contributed by atoms with E-state index in [0.717, 1.165) is 0 Å². The first-order valence-electron chi connectivity index (χ1n) is 4.83. The Kier molecular flexibility index (Phi) is 3.05. The van der Waals surface area contributed by atoms with Crippen LogP contribution in [-0.4, -0.2) is 33.6 Å². The summed E-state index contributed by atoms with van der Waals surface area (Å²) >= 11 is 5.70. The third kappa shape index (κ3) is 2.97. The van der Waals surface area contributed by atoms with Crippen LogP contribution in [0.15, 0.2) is 12.4 Å². The van der Waals surface area contributed by atoms with Gasteiger partial charge in [0.15, 0.2) is 0 Å². The molecule has 1 aliphatic carbocycles. The van der Waals surface area contributed by atoms with Crippen molar-refractivity contribution in [1.29, 1.82) is 0 Å². The maximum atomic E-state index is 9.62. The molecule has 4 nitrogen and oxygen atoms in total. The number of aliphatic hydroxyl groups excluding tert-OH is 1. The van der Waals surface area contributed by atoms with Gasteiger partial charge in [0.25, 0.3) is 0 Å². The van der Waals surface area contributed by atoms with Gasteiger partial charge in [0, 0.05) is 18.8 Å². The molecule has 0 amide bonds. The molecule has 1 heterocycles. The number of hydrogen-bond donors (Lipinski definition) is 2. The molecule has 14 heavy (non-hydrogen) atoms. The molecule has 0 aromatic carbocycles. The number of aliphatic hydroxyl groups is 1. The van der Waals surface area contributed by atoms with E-state index in [-0.39, 0.29) is 0 Å². The van der Waals surface area contributed by atoms with Crippen LogP contribution in [-0.2, 0) is 6.54 Å². The first-order chi connectivity index (χ1) is 6.74. The van der Waals surface area contributed by atoms with E-state index < -0.39 is 6.10 Å². The summed E-state index contributed by atoms with van der Waals surface area (Å²) in [6, 6.07) is 0.630. The molecular formula is C9H14ClN3O. The Balaban J connectivity index is 1.72. The number of rotatable bonds is 5. The van der Waals surface area contributed by atoms with Gasteiger partial charge in [-0.05, 0) is 12.8 Å². The lowest BCUT2D eigenvalue weighted by molar-refractivity contribution is 0.146. The van der Waals surface area contributed by atoms with Crippen LogP contribution in [0.5, 0.6) is 0 Å². The van der Waals surface area contributed by atoms with Crippen LogP contribution in [0, 0.1) is 0 Å². The summed E-state index contributed by atoms with van der Waals surface area (Å²) in [5.74, 6) is 0. The van der Waals surface area contributed by atoms with Crippen molar-refractivity contribution in [2.75, 3.05) is 6.54 Å². The third-order valence-corrected chi connectivity index (χ3v) is 2.41. The van der Waals surface area contributed by atoms with E-state index in [9.17, 15) is 5.11 Å². The largest absolute Gasteiger partial charge is 0.390 e. The van der Waals surface area contributed by atoms with Gasteiger partial charge in [-0.1, -0.05) is 11.6 Å². The van der Waals surface area contributed by atoms with Crippen molar-refractivity contribution >= 4 is 11.6 Å². The number of hydrogen-bond acceptors (Lipinski definition) is 3. The van der Waals surface area contributed by atoms with E-state index in [1.54, 1.807) is 17.1 Å². The minimum atomic E-state index is -0.397. The summed E-state index contributed by atoms with van der Waals surface area (Å²) in [4.78, 5) is 0. The van der Waals surface area contributed by atoms with Crippen molar-refractivity contribution in [1.82, 2.24) is 15.1 Å². The highest BCUT2D eigenvalue weighted by Gasteiger charge is 2.21. The second-order valence-electron chi connectivity index (χ2n) is 3.72. The van der Waals surface area contributed by atoms with Crippen LogP contribution in [0.1, 0.15) is 12.8 Å². The molecule has 1 aromatic rings. The molecule has 2 N–H and O–H groups in total. The Morgan fingerprint density at radius 2 is 2.50 bits per heavy atom. The van der Waals surface area contributed by atoms with Crippen LogP contribution in [0.2, 0.25) is 5.02 Å². The lowest BCUT2D eigenvalue weighted by Gasteiger charge is -2.10. The van der Waals surface area contributed by atoms with Crippen LogP contribution >= 0.6 is 11.6 Å². The molecular weight excluding hydrogens is 202 g/mol. The smallest absolute Gasteiger partial charge is 0.0860 e. The Labute approximate surface area is 87.9 Å². The molecule has 0 aliphatic heterocycles. The van der Waals surface area contributed by atoms with Crippen molar-refractivity contribution in [3.63, 3.8) is 0 Å². The molecule has 1 aromatic heterocycles. The Bertz CT molecular complexity index is 298. The highest BCUT2D eigenvalue weighted by molar-refractivity contribution is 6.30. The fourth-order valence-electron chi connectivity index (χ4n) is 1.31. The molecule has 1 atom stereocenters. The molecule has 5 heteroatoms. The van der Waals surface area contributed by atoms with Crippen molar-refractivity contribution in [3.8, 4) is 0 Å². The molecule has 78 valence electrons. The molecule has 2 rings (SSSR count). The van der Waals surface area contributed by atoms with Crippen LogP contribution < -0.4 is 5.32 Å². The molecule has 1 aliphatic rings. The SMILES string of the molecule is OC(CNC1CC1)Cn1cc(Cl)cn1. The van der Waals surface area contributed by atoms with Gasteiger partial charge >= 0.3 is 0 Å². The summed E-state index contributed by atoms with van der Waals surface area (Å²) in [6.45, 7) is 1.12. The number of nitrogens with zero attached hydrogens (tertiary/aromatic N) is 2. The zero-order valence-corrected chi connectivity index (χ0v) is 8.61. The highest BCUT2D eigenvalue weighted by atomic mass is 35.5. The summed E-state index contributed by atoms with van der Waals surface area (Å²) in [5.41, 5.74) is 0. The molecule has 0 spiro atoms. The molecule has 0 radical (unpaired) electrons. The lowest BCUT2D eigenvalue weighted by atomic mass is 10.3. The molecule has 0 saturated heterocycles. The fourth-order valence-corrected chi connectivity index (χ4v) is 1.47. The first kappa shape index (κ1) is 9.96. The summed E-state index contributed by atoms with van der Waals surface area (Å²) in [6.07, 6.45) is 5.36.